The molecule has 0 heterocycles. The first-order valence-electron chi connectivity index (χ1n) is 13.0. The molecule has 0 bridgehead atoms. The maximum absolute atomic E-state index is 11.7. The number of aliphatic hydroxyl groups excluding tert-OH is 2. The van der Waals surface area contributed by atoms with E-state index in [2.05, 4.69) is 64.2 Å². The molecule has 194 valence electrons. The van der Waals surface area contributed by atoms with Gasteiger partial charge in [-0.05, 0) is 97.5 Å². The van der Waals surface area contributed by atoms with Gasteiger partial charge in [0.25, 0.3) is 0 Å². The molecule has 0 radical (unpaired) electrons. The summed E-state index contributed by atoms with van der Waals surface area (Å²) in [6.45, 7) is 12.0. The number of aliphatic hydroxyl groups is 3. The van der Waals surface area contributed by atoms with Gasteiger partial charge in [-0.1, -0.05) is 64.8 Å². The van der Waals surface area contributed by atoms with Gasteiger partial charge in [0.1, 0.15) is 6.29 Å². The fourth-order valence-corrected chi connectivity index (χ4v) is 6.20. The summed E-state index contributed by atoms with van der Waals surface area (Å²) in [7, 11) is 0. The molecule has 2 aliphatic rings. The molecule has 0 unspecified atom stereocenters. The lowest BCUT2D eigenvalue weighted by Crippen LogP contribution is -2.58. The van der Waals surface area contributed by atoms with Crippen molar-refractivity contribution in [3.63, 3.8) is 0 Å². The van der Waals surface area contributed by atoms with Crippen molar-refractivity contribution < 1.29 is 20.1 Å². The van der Waals surface area contributed by atoms with Gasteiger partial charge in [-0.15, -0.1) is 0 Å². The van der Waals surface area contributed by atoms with Crippen LogP contribution in [0.15, 0.2) is 70.4 Å². The van der Waals surface area contributed by atoms with E-state index in [-0.39, 0.29) is 18.4 Å². The summed E-state index contributed by atoms with van der Waals surface area (Å²) in [6, 6.07) is 0. The van der Waals surface area contributed by atoms with Gasteiger partial charge < -0.3 is 15.3 Å². The Labute approximate surface area is 212 Å². The highest BCUT2D eigenvalue weighted by atomic mass is 16.3. The SMILES string of the molecule is CC(C)=C/C=C/C(C)=C/C=C/C(C)=C/[C@@H]1C[C@H](O)[C@@]2(C1)[C@H](CCCO)/C(=C(\C)C=O)CC[C@]2(C)O. The van der Waals surface area contributed by atoms with Gasteiger partial charge in [-0.2, -0.15) is 0 Å². The Morgan fingerprint density at radius 3 is 2.34 bits per heavy atom. The Balaban J connectivity index is 2.30. The third-order valence-electron chi connectivity index (χ3n) is 7.99. The second kappa shape index (κ2) is 12.8. The largest absolute Gasteiger partial charge is 0.396 e. The number of carbonyl (C=O) groups is 1. The van der Waals surface area contributed by atoms with Crippen LogP contribution in [0, 0.1) is 17.3 Å². The highest BCUT2D eigenvalue weighted by Crippen LogP contribution is 2.62. The molecule has 2 fully saturated rings. The maximum atomic E-state index is 11.7. The van der Waals surface area contributed by atoms with Crippen molar-refractivity contribution in [3.05, 3.63) is 70.4 Å². The molecule has 5 atom stereocenters. The van der Waals surface area contributed by atoms with Crippen molar-refractivity contribution in [1.82, 2.24) is 0 Å². The standard InChI is InChI=1S/C31H46O4/c1-22(2)10-7-11-23(3)12-8-13-24(4)18-26-19-29(34)31(20-26)28(14-9-17-32)27(25(5)21-33)15-16-30(31,6)35/h7-8,10-13,18,21,26,28-29,32,34-35H,9,14-17,19-20H2,1-6H3/b11-7+,13-8+,23-12+,24-18+,27-25+/t26-,28-,29+,30+,31-/m1/s1. The van der Waals surface area contributed by atoms with E-state index in [4.69, 9.17) is 0 Å². The number of allylic oxidation sites excluding steroid dienone is 12. The second-order valence-corrected chi connectivity index (χ2v) is 11.1. The average Bonchev–Trinajstić information content (AvgIpc) is 3.10. The molecule has 3 N–H and O–H groups in total. The third kappa shape index (κ3) is 7.03. The Morgan fingerprint density at radius 2 is 1.71 bits per heavy atom. The van der Waals surface area contributed by atoms with Gasteiger partial charge in [-0.25, -0.2) is 0 Å². The minimum Gasteiger partial charge on any atom is -0.396 e. The van der Waals surface area contributed by atoms with Crippen molar-refractivity contribution in [1.29, 1.82) is 0 Å². The lowest BCUT2D eigenvalue weighted by atomic mass is 9.53. The molecule has 0 amide bonds. The third-order valence-corrected chi connectivity index (χ3v) is 7.99. The molecular formula is C31H46O4. The highest BCUT2D eigenvalue weighted by Gasteiger charge is 2.62. The number of hydrogen-bond acceptors (Lipinski definition) is 4. The number of aldehydes is 1. The molecule has 0 aromatic carbocycles. The molecule has 0 saturated heterocycles. The summed E-state index contributed by atoms with van der Waals surface area (Å²) in [5, 5.41) is 32.6. The molecule has 2 aliphatic carbocycles. The normalized spacial score (nSPS) is 33.7. The molecular weight excluding hydrogens is 436 g/mol. The molecule has 1 spiro atoms. The van der Waals surface area contributed by atoms with E-state index in [1.165, 1.54) is 5.57 Å². The topological polar surface area (TPSA) is 77.8 Å². The zero-order valence-corrected chi connectivity index (χ0v) is 22.6. The first kappa shape index (κ1) is 29.2. The van der Waals surface area contributed by atoms with Crippen LogP contribution in [0.1, 0.15) is 80.1 Å². The van der Waals surface area contributed by atoms with Crippen molar-refractivity contribution in [3.8, 4) is 0 Å². The molecule has 4 nitrogen and oxygen atoms in total. The first-order valence-corrected chi connectivity index (χ1v) is 13.0. The van der Waals surface area contributed by atoms with Crippen molar-refractivity contribution >= 4 is 6.29 Å². The van der Waals surface area contributed by atoms with Gasteiger partial charge in [-0.3, -0.25) is 4.79 Å². The molecule has 35 heavy (non-hydrogen) atoms. The Hall–Kier alpha value is -2.01. The highest BCUT2D eigenvalue weighted by molar-refractivity contribution is 5.74. The summed E-state index contributed by atoms with van der Waals surface area (Å²) < 4.78 is 0. The Kier molecular flexibility index (Phi) is 10.7. The minimum atomic E-state index is -1.04. The quantitative estimate of drug-likeness (QED) is 0.209. The van der Waals surface area contributed by atoms with E-state index in [0.717, 1.165) is 23.0 Å². The van der Waals surface area contributed by atoms with Crippen LogP contribution in [0.3, 0.4) is 0 Å². The Bertz CT molecular complexity index is 924. The van der Waals surface area contributed by atoms with E-state index in [1.807, 2.05) is 19.9 Å². The fourth-order valence-electron chi connectivity index (χ4n) is 6.20. The number of carbonyl (C=O) groups excluding carboxylic acids is 1. The molecule has 4 heteroatoms. The predicted octanol–water partition coefficient (Wildman–Crippen LogP) is 6.16. The molecule has 2 saturated carbocycles. The minimum absolute atomic E-state index is 0.0575. The van der Waals surface area contributed by atoms with Crippen molar-refractivity contribution in [2.24, 2.45) is 17.3 Å². The predicted molar refractivity (Wildman–Crippen MR) is 145 cm³/mol. The van der Waals surface area contributed by atoms with Gasteiger partial charge in [0.2, 0.25) is 0 Å². The average molecular weight is 483 g/mol. The van der Waals surface area contributed by atoms with Crippen LogP contribution in [0.4, 0.5) is 0 Å². The van der Waals surface area contributed by atoms with E-state index in [1.54, 1.807) is 0 Å². The van der Waals surface area contributed by atoms with Gasteiger partial charge in [0, 0.05) is 12.0 Å². The molecule has 0 aromatic rings. The number of hydrogen-bond donors (Lipinski definition) is 3. The first-order chi connectivity index (χ1) is 16.5. The van der Waals surface area contributed by atoms with Crippen LogP contribution in [0.2, 0.25) is 0 Å². The maximum Gasteiger partial charge on any atom is 0.145 e. The van der Waals surface area contributed by atoms with E-state index >= 15 is 0 Å². The van der Waals surface area contributed by atoms with E-state index in [0.29, 0.717) is 44.1 Å². The molecule has 2 rings (SSSR count). The zero-order chi connectivity index (χ0) is 26.2. The lowest BCUT2D eigenvalue weighted by Gasteiger charge is -2.55. The lowest BCUT2D eigenvalue weighted by molar-refractivity contribution is -0.163. The van der Waals surface area contributed by atoms with Crippen LogP contribution in [0.5, 0.6) is 0 Å². The van der Waals surface area contributed by atoms with Gasteiger partial charge in [0.05, 0.1) is 11.7 Å². The van der Waals surface area contributed by atoms with Crippen LogP contribution in [-0.4, -0.2) is 39.9 Å². The van der Waals surface area contributed by atoms with Crippen LogP contribution in [0.25, 0.3) is 0 Å². The summed E-state index contributed by atoms with van der Waals surface area (Å²) >= 11 is 0. The van der Waals surface area contributed by atoms with Crippen LogP contribution in [-0.2, 0) is 4.79 Å². The van der Waals surface area contributed by atoms with Crippen LogP contribution < -0.4 is 0 Å². The summed E-state index contributed by atoms with van der Waals surface area (Å²) in [4.78, 5) is 11.7. The summed E-state index contributed by atoms with van der Waals surface area (Å²) in [5.74, 6) is 0.0160. The van der Waals surface area contributed by atoms with E-state index in [9.17, 15) is 20.1 Å². The van der Waals surface area contributed by atoms with Crippen LogP contribution >= 0.6 is 0 Å². The monoisotopic (exact) mass is 482 g/mol. The van der Waals surface area contributed by atoms with Crippen molar-refractivity contribution in [2.45, 2.75) is 91.8 Å². The number of rotatable bonds is 9. The van der Waals surface area contributed by atoms with E-state index < -0.39 is 17.1 Å². The Morgan fingerprint density at radius 1 is 1.06 bits per heavy atom. The summed E-state index contributed by atoms with van der Waals surface area (Å²) in [5.41, 5.74) is 3.53. The molecule has 0 aliphatic heterocycles. The van der Waals surface area contributed by atoms with Gasteiger partial charge >= 0.3 is 0 Å². The molecule has 0 aromatic heterocycles. The smallest absolute Gasteiger partial charge is 0.145 e. The fraction of sp³-hybridized carbons (Fsp3) is 0.581. The van der Waals surface area contributed by atoms with Crippen molar-refractivity contribution in [2.75, 3.05) is 6.61 Å². The summed E-state index contributed by atoms with van der Waals surface area (Å²) in [6.07, 6.45) is 18.5. The van der Waals surface area contributed by atoms with Gasteiger partial charge in [0.15, 0.2) is 0 Å². The zero-order valence-electron chi connectivity index (χ0n) is 22.6. The second-order valence-electron chi connectivity index (χ2n) is 11.1.